The Labute approximate surface area is 192 Å². The maximum Gasteiger partial charge on any atom is 0.205 e. The van der Waals surface area contributed by atoms with Gasteiger partial charge in [0.2, 0.25) is 5.13 Å². The number of hydrogen-bond acceptors (Lipinski definition) is 8. The Morgan fingerprint density at radius 1 is 1.35 bits per heavy atom. The molecule has 0 unspecified atom stereocenters. The number of rotatable bonds is 7. The molecule has 0 bridgehead atoms. The summed E-state index contributed by atoms with van der Waals surface area (Å²) in [5.41, 5.74) is 6.78. The molecule has 1 fully saturated rings. The number of aromatic nitrogens is 2. The molecule has 166 valence electrons. The molecule has 7 nitrogen and oxygen atoms in total. The van der Waals surface area contributed by atoms with Crippen molar-refractivity contribution in [3.8, 4) is 0 Å². The van der Waals surface area contributed by atoms with E-state index in [4.69, 9.17) is 17.3 Å². The number of aryl methyl sites for hydroxylation is 1. The molecule has 4 N–H and O–H groups in total. The SMILES string of the molecule is C=C(N=C(/C=C(\N)c1ccc(Cl)cc1)C(C)(C)O)NC1CCN(c2nc(C)ns2)CC1. The highest BCUT2D eigenvalue weighted by Gasteiger charge is 2.23. The van der Waals surface area contributed by atoms with Crippen LogP contribution in [0, 0.1) is 6.92 Å². The summed E-state index contributed by atoms with van der Waals surface area (Å²) >= 11 is 7.39. The number of aliphatic hydroxyl groups is 1. The van der Waals surface area contributed by atoms with E-state index in [0.29, 0.717) is 22.3 Å². The molecule has 31 heavy (non-hydrogen) atoms. The van der Waals surface area contributed by atoms with Gasteiger partial charge < -0.3 is 21.1 Å². The van der Waals surface area contributed by atoms with Crippen molar-refractivity contribution < 1.29 is 5.11 Å². The zero-order valence-electron chi connectivity index (χ0n) is 18.1. The summed E-state index contributed by atoms with van der Waals surface area (Å²) in [5, 5.41) is 15.6. The van der Waals surface area contributed by atoms with E-state index in [9.17, 15) is 5.11 Å². The van der Waals surface area contributed by atoms with Crippen LogP contribution in [-0.4, -0.2) is 44.9 Å². The van der Waals surface area contributed by atoms with E-state index in [1.807, 2.05) is 19.1 Å². The van der Waals surface area contributed by atoms with E-state index in [-0.39, 0.29) is 6.04 Å². The van der Waals surface area contributed by atoms with Gasteiger partial charge in [0.1, 0.15) is 17.2 Å². The number of nitrogens with one attached hydrogen (secondary N) is 1. The second kappa shape index (κ2) is 9.80. The fraction of sp³-hybridized carbons (Fsp3) is 0.409. The third-order valence-corrected chi connectivity index (χ3v) is 6.13. The molecule has 0 atom stereocenters. The number of hydrogen-bond donors (Lipinski definition) is 3. The van der Waals surface area contributed by atoms with Crippen molar-refractivity contribution in [2.75, 3.05) is 18.0 Å². The van der Waals surface area contributed by atoms with Crippen molar-refractivity contribution in [2.45, 2.75) is 45.3 Å². The lowest BCUT2D eigenvalue weighted by Gasteiger charge is -2.32. The van der Waals surface area contributed by atoms with Crippen LogP contribution in [0.1, 0.15) is 38.1 Å². The first-order chi connectivity index (χ1) is 14.6. The fourth-order valence-electron chi connectivity index (χ4n) is 3.26. The monoisotopic (exact) mass is 460 g/mol. The van der Waals surface area contributed by atoms with Crippen LogP contribution >= 0.6 is 23.1 Å². The van der Waals surface area contributed by atoms with Crippen LogP contribution in [0.15, 0.2) is 47.7 Å². The molecule has 2 aromatic rings. The molecule has 1 aromatic heterocycles. The van der Waals surface area contributed by atoms with Gasteiger partial charge in [-0.15, -0.1) is 0 Å². The van der Waals surface area contributed by atoms with Crippen molar-refractivity contribution >= 4 is 39.7 Å². The highest BCUT2D eigenvalue weighted by atomic mass is 35.5. The van der Waals surface area contributed by atoms with E-state index >= 15 is 0 Å². The summed E-state index contributed by atoms with van der Waals surface area (Å²) in [6.45, 7) is 11.1. The predicted molar refractivity (Wildman–Crippen MR) is 130 cm³/mol. The molecule has 2 heterocycles. The minimum Gasteiger partial charge on any atom is -0.398 e. The Morgan fingerprint density at radius 2 is 2.00 bits per heavy atom. The zero-order chi connectivity index (χ0) is 22.6. The Morgan fingerprint density at radius 3 is 2.55 bits per heavy atom. The summed E-state index contributed by atoms with van der Waals surface area (Å²) in [7, 11) is 0. The number of aliphatic imine (C=N–C) groups is 1. The first kappa shape index (κ1) is 23.2. The van der Waals surface area contributed by atoms with Crippen LogP contribution in [0.4, 0.5) is 5.13 Å². The molecule has 0 saturated carbocycles. The quantitative estimate of drug-likeness (QED) is 0.544. The van der Waals surface area contributed by atoms with E-state index in [2.05, 4.69) is 31.1 Å². The lowest BCUT2D eigenvalue weighted by molar-refractivity contribution is 0.155. The van der Waals surface area contributed by atoms with Gasteiger partial charge in [0.05, 0.1) is 5.71 Å². The second-order valence-electron chi connectivity index (χ2n) is 8.14. The Bertz CT molecular complexity index is 969. The van der Waals surface area contributed by atoms with E-state index < -0.39 is 5.60 Å². The third kappa shape index (κ3) is 6.53. The lowest BCUT2D eigenvalue weighted by Crippen LogP contribution is -2.42. The predicted octanol–water partition coefficient (Wildman–Crippen LogP) is 3.74. The van der Waals surface area contributed by atoms with Gasteiger partial charge in [-0.3, -0.25) is 0 Å². The highest BCUT2D eigenvalue weighted by molar-refractivity contribution is 7.09. The number of nitrogens with zero attached hydrogens (tertiary/aromatic N) is 4. The number of halogens is 1. The summed E-state index contributed by atoms with van der Waals surface area (Å²) in [5.74, 6) is 1.32. The first-order valence-corrected chi connectivity index (χ1v) is 11.3. The largest absolute Gasteiger partial charge is 0.398 e. The molecular weight excluding hydrogens is 432 g/mol. The zero-order valence-corrected chi connectivity index (χ0v) is 19.7. The third-order valence-electron chi connectivity index (χ3n) is 5.01. The molecule has 0 amide bonds. The number of nitrogens with two attached hydrogens (primary N) is 1. The maximum absolute atomic E-state index is 10.6. The topological polar surface area (TPSA) is 99.7 Å². The smallest absolute Gasteiger partial charge is 0.205 e. The van der Waals surface area contributed by atoms with Crippen LogP contribution in [0.25, 0.3) is 5.70 Å². The summed E-state index contributed by atoms with van der Waals surface area (Å²) in [6, 6.07) is 7.46. The molecule has 0 radical (unpaired) electrons. The molecule has 1 aliphatic rings. The van der Waals surface area contributed by atoms with Gasteiger partial charge in [0.25, 0.3) is 0 Å². The van der Waals surface area contributed by atoms with Crippen molar-refractivity contribution in [1.82, 2.24) is 14.7 Å². The first-order valence-electron chi connectivity index (χ1n) is 10.2. The van der Waals surface area contributed by atoms with Crippen LogP contribution in [0.5, 0.6) is 0 Å². The fourth-order valence-corrected chi connectivity index (χ4v) is 4.11. The van der Waals surface area contributed by atoms with Gasteiger partial charge in [-0.25, -0.2) is 9.98 Å². The molecule has 3 rings (SSSR count). The molecule has 0 spiro atoms. The molecule has 9 heteroatoms. The van der Waals surface area contributed by atoms with Gasteiger partial charge in [-0.1, -0.05) is 30.3 Å². The average Bonchev–Trinajstić information content (AvgIpc) is 3.14. The molecular formula is C22H29ClN6OS. The van der Waals surface area contributed by atoms with Gasteiger partial charge in [0.15, 0.2) is 0 Å². The second-order valence-corrected chi connectivity index (χ2v) is 9.31. The normalized spacial score (nSPS) is 16.5. The number of anilines is 1. The summed E-state index contributed by atoms with van der Waals surface area (Å²) in [6.07, 6.45) is 3.55. The molecule has 1 aliphatic heterocycles. The Kier molecular flexibility index (Phi) is 7.35. The van der Waals surface area contributed by atoms with Crippen LogP contribution in [-0.2, 0) is 0 Å². The van der Waals surface area contributed by atoms with Crippen LogP contribution in [0.2, 0.25) is 5.02 Å². The molecule has 0 aliphatic carbocycles. The van der Waals surface area contributed by atoms with E-state index in [1.165, 1.54) is 11.5 Å². The average molecular weight is 461 g/mol. The van der Waals surface area contributed by atoms with Gasteiger partial charge >= 0.3 is 0 Å². The summed E-state index contributed by atoms with van der Waals surface area (Å²) < 4.78 is 4.26. The Balaban J connectivity index is 1.65. The standard InChI is InChI=1S/C22H29ClN6OS/c1-14(25-18-9-11-29(12-10-18)21-27-15(2)28-31-21)26-20(22(3,4)30)13-19(24)16-5-7-17(23)8-6-16/h5-8,13,18,25,30H,1,9-12,24H2,2-4H3/b19-13-,26-20?. The van der Waals surface area contributed by atoms with Crippen molar-refractivity contribution in [2.24, 2.45) is 10.7 Å². The number of benzene rings is 1. The van der Waals surface area contributed by atoms with E-state index in [1.54, 1.807) is 32.1 Å². The summed E-state index contributed by atoms with van der Waals surface area (Å²) in [4.78, 5) is 11.3. The molecule has 1 saturated heterocycles. The minimum atomic E-state index is -1.18. The van der Waals surface area contributed by atoms with Gasteiger partial charge in [-0.2, -0.15) is 4.37 Å². The number of piperidine rings is 1. The maximum atomic E-state index is 10.6. The van der Waals surface area contributed by atoms with Crippen molar-refractivity contribution in [3.63, 3.8) is 0 Å². The van der Waals surface area contributed by atoms with Gasteiger partial charge in [0, 0.05) is 41.4 Å². The highest BCUT2D eigenvalue weighted by Crippen LogP contribution is 2.22. The van der Waals surface area contributed by atoms with Crippen molar-refractivity contribution in [1.29, 1.82) is 0 Å². The lowest BCUT2D eigenvalue weighted by atomic mass is 10.00. The van der Waals surface area contributed by atoms with E-state index in [0.717, 1.165) is 42.5 Å². The minimum absolute atomic E-state index is 0.252. The Hall–Kier alpha value is -2.42. The van der Waals surface area contributed by atoms with Crippen LogP contribution < -0.4 is 16.0 Å². The molecule has 1 aromatic carbocycles. The van der Waals surface area contributed by atoms with Gasteiger partial charge in [-0.05, 0) is 57.4 Å². The van der Waals surface area contributed by atoms with Crippen molar-refractivity contribution in [3.05, 3.63) is 59.2 Å². The van der Waals surface area contributed by atoms with Crippen LogP contribution in [0.3, 0.4) is 0 Å².